The van der Waals surface area contributed by atoms with E-state index in [1.807, 2.05) is 18.7 Å². The van der Waals surface area contributed by atoms with Crippen LogP contribution in [0, 0.1) is 17.8 Å². The molecule has 5 nitrogen and oxygen atoms in total. The van der Waals surface area contributed by atoms with Crippen molar-refractivity contribution in [3.05, 3.63) is 0 Å². The molecule has 0 aromatic rings. The zero-order valence-electron chi connectivity index (χ0n) is 18.0. The van der Waals surface area contributed by atoms with Crippen molar-refractivity contribution in [1.82, 2.24) is 14.7 Å². The Bertz CT molecular complexity index is 466. The van der Waals surface area contributed by atoms with Crippen LogP contribution in [-0.4, -0.2) is 85.2 Å². The van der Waals surface area contributed by atoms with E-state index >= 15 is 0 Å². The van der Waals surface area contributed by atoms with E-state index in [-0.39, 0.29) is 17.9 Å². The van der Waals surface area contributed by atoms with E-state index in [2.05, 4.69) is 23.6 Å². The van der Waals surface area contributed by atoms with E-state index in [0.717, 1.165) is 37.5 Å². The highest BCUT2D eigenvalue weighted by Gasteiger charge is 2.31. The Morgan fingerprint density at radius 1 is 0.963 bits per heavy atom. The van der Waals surface area contributed by atoms with Crippen LogP contribution in [-0.2, 0) is 9.53 Å². The Morgan fingerprint density at radius 2 is 1.63 bits per heavy atom. The second-order valence-electron chi connectivity index (χ2n) is 9.58. The summed E-state index contributed by atoms with van der Waals surface area (Å²) in [5.41, 5.74) is 0. The first kappa shape index (κ1) is 21.1. The minimum Gasteiger partial charge on any atom is -0.373 e. The fourth-order valence-corrected chi connectivity index (χ4v) is 5.10. The maximum absolute atomic E-state index is 12.3. The molecule has 0 aliphatic carbocycles. The number of hydrogen-bond acceptors (Lipinski definition) is 4. The van der Waals surface area contributed by atoms with E-state index in [1.54, 1.807) is 0 Å². The zero-order valence-corrected chi connectivity index (χ0v) is 18.0. The van der Waals surface area contributed by atoms with Crippen LogP contribution in [0.5, 0.6) is 0 Å². The minimum atomic E-state index is 0.0827. The molecule has 0 aromatic heterocycles. The Morgan fingerprint density at radius 3 is 2.22 bits per heavy atom. The summed E-state index contributed by atoms with van der Waals surface area (Å²) in [5, 5.41) is 0. The van der Waals surface area contributed by atoms with E-state index in [0.29, 0.717) is 6.61 Å². The average Bonchev–Trinajstić information content (AvgIpc) is 2.68. The molecule has 0 unspecified atom stereocenters. The van der Waals surface area contributed by atoms with Crippen molar-refractivity contribution in [3.8, 4) is 0 Å². The molecule has 1 atom stereocenters. The van der Waals surface area contributed by atoms with E-state index < -0.39 is 0 Å². The second kappa shape index (κ2) is 9.71. The van der Waals surface area contributed by atoms with Gasteiger partial charge in [-0.1, -0.05) is 27.7 Å². The third kappa shape index (κ3) is 5.68. The van der Waals surface area contributed by atoms with Crippen LogP contribution >= 0.6 is 0 Å². The summed E-state index contributed by atoms with van der Waals surface area (Å²) in [6.45, 7) is 16.8. The molecule has 1 amide bonds. The van der Waals surface area contributed by atoms with Crippen LogP contribution in [0.15, 0.2) is 0 Å². The third-order valence-corrected chi connectivity index (χ3v) is 7.00. The summed E-state index contributed by atoms with van der Waals surface area (Å²) < 4.78 is 5.97. The smallest absolute Gasteiger partial charge is 0.225 e. The summed E-state index contributed by atoms with van der Waals surface area (Å²) in [7, 11) is 0. The zero-order chi connectivity index (χ0) is 19.4. The highest BCUT2D eigenvalue weighted by Crippen LogP contribution is 2.28. The highest BCUT2D eigenvalue weighted by atomic mass is 16.5. The van der Waals surface area contributed by atoms with Gasteiger partial charge in [0.15, 0.2) is 0 Å². The third-order valence-electron chi connectivity index (χ3n) is 7.00. The largest absolute Gasteiger partial charge is 0.373 e. The standard InChI is InChI=1S/C22H41N3O2/c1-17(2)19-5-11-24(12-6-19)20-7-9-23(10-8-20)15-21-16-25(13-14-27-21)22(26)18(3)4/h17-21H,5-16H2,1-4H3/t21-/m0/s1. The van der Waals surface area contributed by atoms with Gasteiger partial charge in [-0.2, -0.15) is 0 Å². The summed E-state index contributed by atoms with van der Waals surface area (Å²) in [5.74, 6) is 2.12. The molecule has 0 bridgehead atoms. The summed E-state index contributed by atoms with van der Waals surface area (Å²) >= 11 is 0. The molecule has 0 saturated carbocycles. The molecule has 3 saturated heterocycles. The molecule has 3 aliphatic heterocycles. The summed E-state index contributed by atoms with van der Waals surface area (Å²) in [6.07, 6.45) is 5.52. The molecule has 3 rings (SSSR count). The molecule has 5 heteroatoms. The van der Waals surface area contributed by atoms with Crippen molar-refractivity contribution in [2.75, 3.05) is 52.4 Å². The van der Waals surface area contributed by atoms with Gasteiger partial charge in [0.2, 0.25) is 5.91 Å². The number of hydrogen-bond donors (Lipinski definition) is 0. The van der Waals surface area contributed by atoms with Crippen molar-refractivity contribution in [2.45, 2.75) is 65.5 Å². The van der Waals surface area contributed by atoms with Gasteiger partial charge in [0.25, 0.3) is 0 Å². The van der Waals surface area contributed by atoms with Crippen LogP contribution in [0.2, 0.25) is 0 Å². The number of likely N-dealkylation sites (tertiary alicyclic amines) is 2. The van der Waals surface area contributed by atoms with Gasteiger partial charge in [0.1, 0.15) is 0 Å². The monoisotopic (exact) mass is 379 g/mol. The van der Waals surface area contributed by atoms with Crippen molar-refractivity contribution in [2.24, 2.45) is 17.8 Å². The Balaban J connectivity index is 1.39. The van der Waals surface area contributed by atoms with Gasteiger partial charge >= 0.3 is 0 Å². The molecule has 0 N–H and O–H groups in total. The molecule has 27 heavy (non-hydrogen) atoms. The van der Waals surface area contributed by atoms with Gasteiger partial charge in [-0.3, -0.25) is 4.79 Å². The molecule has 3 heterocycles. The minimum absolute atomic E-state index is 0.0827. The SMILES string of the molecule is CC(C)C(=O)N1CCO[C@@H](CN2CCC(N3CCC(C(C)C)CC3)CC2)C1. The molecule has 0 spiro atoms. The van der Waals surface area contributed by atoms with Gasteiger partial charge in [-0.15, -0.1) is 0 Å². The lowest BCUT2D eigenvalue weighted by molar-refractivity contribution is -0.142. The van der Waals surface area contributed by atoms with Crippen LogP contribution < -0.4 is 0 Å². The van der Waals surface area contributed by atoms with Gasteiger partial charge in [-0.05, 0) is 63.7 Å². The topological polar surface area (TPSA) is 36.0 Å². The lowest BCUT2D eigenvalue weighted by Crippen LogP contribution is -2.53. The number of nitrogens with zero attached hydrogens (tertiary/aromatic N) is 3. The highest BCUT2D eigenvalue weighted by molar-refractivity contribution is 5.78. The van der Waals surface area contributed by atoms with Crippen molar-refractivity contribution >= 4 is 5.91 Å². The number of carbonyl (C=O) groups excluding carboxylic acids is 1. The maximum atomic E-state index is 12.3. The number of piperidine rings is 2. The Hall–Kier alpha value is -0.650. The molecule has 0 radical (unpaired) electrons. The van der Waals surface area contributed by atoms with E-state index in [1.165, 1.54) is 51.9 Å². The van der Waals surface area contributed by atoms with Crippen LogP contribution in [0.1, 0.15) is 53.4 Å². The molecular weight excluding hydrogens is 338 g/mol. The predicted molar refractivity (Wildman–Crippen MR) is 110 cm³/mol. The molecular formula is C22H41N3O2. The Labute approximate surface area is 166 Å². The molecule has 0 aromatic carbocycles. The van der Waals surface area contributed by atoms with Crippen molar-refractivity contribution in [1.29, 1.82) is 0 Å². The fraction of sp³-hybridized carbons (Fsp3) is 0.955. The predicted octanol–water partition coefficient (Wildman–Crippen LogP) is 2.70. The quantitative estimate of drug-likeness (QED) is 0.736. The van der Waals surface area contributed by atoms with Gasteiger partial charge < -0.3 is 19.4 Å². The molecule has 156 valence electrons. The lowest BCUT2D eigenvalue weighted by Gasteiger charge is -2.43. The first-order valence-corrected chi connectivity index (χ1v) is 11.3. The van der Waals surface area contributed by atoms with Crippen LogP contribution in [0.3, 0.4) is 0 Å². The lowest BCUT2D eigenvalue weighted by atomic mass is 9.85. The average molecular weight is 380 g/mol. The number of rotatable bonds is 5. The molecule has 3 aliphatic rings. The molecule has 3 fully saturated rings. The summed E-state index contributed by atoms with van der Waals surface area (Å²) in [4.78, 5) is 19.6. The van der Waals surface area contributed by atoms with E-state index in [4.69, 9.17) is 4.74 Å². The first-order valence-electron chi connectivity index (χ1n) is 11.3. The fourth-order valence-electron chi connectivity index (χ4n) is 5.10. The van der Waals surface area contributed by atoms with E-state index in [9.17, 15) is 4.79 Å². The van der Waals surface area contributed by atoms with Gasteiger partial charge in [0.05, 0.1) is 12.7 Å². The van der Waals surface area contributed by atoms with Crippen molar-refractivity contribution in [3.63, 3.8) is 0 Å². The maximum Gasteiger partial charge on any atom is 0.225 e. The first-order chi connectivity index (χ1) is 12.9. The van der Waals surface area contributed by atoms with Gasteiger partial charge in [0, 0.05) is 31.6 Å². The normalized spacial score (nSPS) is 27.6. The summed E-state index contributed by atoms with van der Waals surface area (Å²) in [6, 6.07) is 0.778. The second-order valence-corrected chi connectivity index (χ2v) is 9.58. The Kier molecular flexibility index (Phi) is 7.57. The number of morpholine rings is 1. The van der Waals surface area contributed by atoms with Crippen LogP contribution in [0.4, 0.5) is 0 Å². The number of carbonyl (C=O) groups is 1. The van der Waals surface area contributed by atoms with Gasteiger partial charge in [-0.25, -0.2) is 0 Å². The van der Waals surface area contributed by atoms with Crippen LogP contribution in [0.25, 0.3) is 0 Å². The number of ether oxygens (including phenoxy) is 1. The van der Waals surface area contributed by atoms with Crippen molar-refractivity contribution < 1.29 is 9.53 Å². The number of amides is 1.